The first kappa shape index (κ1) is 16.1. The molecule has 1 aliphatic rings. The zero-order valence-corrected chi connectivity index (χ0v) is 14.0. The number of nitrogens with one attached hydrogen (secondary N) is 1. The maximum Gasteiger partial charge on any atom is 0.226 e. The van der Waals surface area contributed by atoms with Gasteiger partial charge < -0.3 is 5.32 Å². The van der Waals surface area contributed by atoms with E-state index in [9.17, 15) is 9.18 Å². The molecule has 0 aliphatic carbocycles. The fourth-order valence-corrected chi connectivity index (χ4v) is 3.77. The highest BCUT2D eigenvalue weighted by atomic mass is 32.1. The van der Waals surface area contributed by atoms with Gasteiger partial charge >= 0.3 is 0 Å². The first-order valence-electron chi connectivity index (χ1n) is 7.89. The number of thiazole rings is 1. The van der Waals surface area contributed by atoms with Gasteiger partial charge in [-0.2, -0.15) is 0 Å². The molecule has 0 atom stereocenters. The summed E-state index contributed by atoms with van der Waals surface area (Å²) in [6.07, 6.45) is 1.80. The largest absolute Gasteiger partial charge is 0.302 e. The highest BCUT2D eigenvalue weighted by Crippen LogP contribution is 2.28. The SMILES string of the molecule is CCN1CCc2nc(NC(=O)CCc3cccc(F)c3)sc2C1. The van der Waals surface area contributed by atoms with Crippen LogP contribution in [0.5, 0.6) is 0 Å². The number of likely N-dealkylation sites (N-methyl/N-ethyl adjacent to an activating group) is 1. The quantitative estimate of drug-likeness (QED) is 0.914. The van der Waals surface area contributed by atoms with Crippen molar-refractivity contribution in [3.63, 3.8) is 0 Å². The summed E-state index contributed by atoms with van der Waals surface area (Å²) in [6.45, 7) is 5.14. The van der Waals surface area contributed by atoms with Crippen LogP contribution in [0.15, 0.2) is 24.3 Å². The van der Waals surface area contributed by atoms with Crippen LogP contribution in [0, 0.1) is 5.82 Å². The zero-order valence-electron chi connectivity index (χ0n) is 13.1. The lowest BCUT2D eigenvalue weighted by Crippen LogP contribution is -2.29. The van der Waals surface area contributed by atoms with Crippen LogP contribution in [0.1, 0.15) is 29.5 Å². The van der Waals surface area contributed by atoms with E-state index >= 15 is 0 Å². The van der Waals surface area contributed by atoms with Gasteiger partial charge in [-0.05, 0) is 30.7 Å². The molecule has 1 aromatic heterocycles. The second-order valence-electron chi connectivity index (χ2n) is 5.69. The number of carbonyl (C=O) groups excluding carboxylic acids is 1. The minimum Gasteiger partial charge on any atom is -0.302 e. The third kappa shape index (κ3) is 4.14. The van der Waals surface area contributed by atoms with Crippen molar-refractivity contribution in [3.8, 4) is 0 Å². The van der Waals surface area contributed by atoms with Crippen molar-refractivity contribution in [1.29, 1.82) is 0 Å². The molecule has 3 rings (SSSR count). The normalized spacial score (nSPS) is 14.5. The van der Waals surface area contributed by atoms with Gasteiger partial charge in [0.1, 0.15) is 5.82 Å². The number of hydrogen-bond donors (Lipinski definition) is 1. The van der Waals surface area contributed by atoms with E-state index in [0.29, 0.717) is 18.0 Å². The van der Waals surface area contributed by atoms with Gasteiger partial charge in [0.2, 0.25) is 5.91 Å². The third-order valence-corrected chi connectivity index (χ3v) is 5.03. The van der Waals surface area contributed by atoms with E-state index in [4.69, 9.17) is 0 Å². The Morgan fingerprint density at radius 2 is 2.35 bits per heavy atom. The van der Waals surface area contributed by atoms with E-state index in [1.807, 2.05) is 6.07 Å². The number of nitrogens with zero attached hydrogens (tertiary/aromatic N) is 2. The number of anilines is 1. The number of carbonyl (C=O) groups is 1. The number of halogens is 1. The van der Waals surface area contributed by atoms with Crippen LogP contribution in [-0.4, -0.2) is 28.9 Å². The fraction of sp³-hybridized carbons (Fsp3) is 0.412. The van der Waals surface area contributed by atoms with Crippen molar-refractivity contribution in [2.75, 3.05) is 18.4 Å². The highest BCUT2D eigenvalue weighted by Gasteiger charge is 2.20. The molecule has 2 heterocycles. The van der Waals surface area contributed by atoms with Crippen molar-refractivity contribution < 1.29 is 9.18 Å². The smallest absolute Gasteiger partial charge is 0.226 e. The number of hydrogen-bond acceptors (Lipinski definition) is 4. The number of rotatable bonds is 5. The molecule has 6 heteroatoms. The first-order chi connectivity index (χ1) is 11.1. The number of aromatic nitrogens is 1. The van der Waals surface area contributed by atoms with Gasteiger partial charge in [-0.15, -0.1) is 11.3 Å². The molecule has 0 unspecified atom stereocenters. The number of aryl methyl sites for hydroxylation is 1. The molecule has 0 radical (unpaired) electrons. The molecule has 122 valence electrons. The number of amides is 1. The summed E-state index contributed by atoms with van der Waals surface area (Å²) in [5, 5.41) is 3.55. The molecular weight excluding hydrogens is 313 g/mol. The van der Waals surface area contributed by atoms with Gasteiger partial charge in [0.15, 0.2) is 5.13 Å². The van der Waals surface area contributed by atoms with Crippen LogP contribution in [0.4, 0.5) is 9.52 Å². The molecule has 1 amide bonds. The number of fused-ring (bicyclic) bond motifs is 1. The molecular formula is C17H20FN3OS. The van der Waals surface area contributed by atoms with Crippen LogP contribution in [-0.2, 0) is 24.2 Å². The van der Waals surface area contributed by atoms with Crippen molar-refractivity contribution in [2.45, 2.75) is 32.7 Å². The zero-order chi connectivity index (χ0) is 16.2. The average Bonchev–Trinajstić information content (AvgIpc) is 2.94. The Bertz CT molecular complexity index is 701. The predicted molar refractivity (Wildman–Crippen MR) is 90.1 cm³/mol. The Labute approximate surface area is 139 Å². The Kier molecular flexibility index (Phi) is 5.03. The Morgan fingerprint density at radius 1 is 1.48 bits per heavy atom. The Morgan fingerprint density at radius 3 is 3.13 bits per heavy atom. The van der Waals surface area contributed by atoms with E-state index in [1.54, 1.807) is 17.4 Å². The summed E-state index contributed by atoms with van der Waals surface area (Å²) in [5.74, 6) is -0.344. The molecule has 1 aromatic carbocycles. The highest BCUT2D eigenvalue weighted by molar-refractivity contribution is 7.15. The second kappa shape index (κ2) is 7.19. The van der Waals surface area contributed by atoms with Crippen LogP contribution in [0.2, 0.25) is 0 Å². The molecule has 2 aromatic rings. The van der Waals surface area contributed by atoms with Crippen molar-refractivity contribution in [3.05, 3.63) is 46.2 Å². The molecule has 1 aliphatic heterocycles. The Balaban J connectivity index is 1.55. The molecule has 1 N–H and O–H groups in total. The summed E-state index contributed by atoms with van der Waals surface area (Å²) in [6, 6.07) is 6.37. The van der Waals surface area contributed by atoms with Crippen LogP contribution >= 0.6 is 11.3 Å². The standard InChI is InChI=1S/C17H20FN3OS/c1-2-21-9-8-14-15(11-21)23-17(19-14)20-16(22)7-6-12-4-3-5-13(18)10-12/h3-5,10H,2,6-9,11H2,1H3,(H,19,20,22). The predicted octanol–water partition coefficient (Wildman–Crippen LogP) is 3.23. The summed E-state index contributed by atoms with van der Waals surface area (Å²) < 4.78 is 13.1. The molecule has 0 fully saturated rings. The lowest BCUT2D eigenvalue weighted by Gasteiger charge is -2.23. The van der Waals surface area contributed by atoms with Gasteiger partial charge in [0.25, 0.3) is 0 Å². The lowest BCUT2D eigenvalue weighted by molar-refractivity contribution is -0.116. The molecule has 0 bridgehead atoms. The average molecular weight is 333 g/mol. The maximum atomic E-state index is 13.1. The van der Waals surface area contributed by atoms with Gasteiger partial charge in [-0.1, -0.05) is 19.1 Å². The van der Waals surface area contributed by atoms with E-state index in [0.717, 1.165) is 37.3 Å². The minimum atomic E-state index is -0.268. The summed E-state index contributed by atoms with van der Waals surface area (Å²) in [7, 11) is 0. The number of benzene rings is 1. The van der Waals surface area contributed by atoms with E-state index in [2.05, 4.69) is 22.1 Å². The molecule has 0 spiro atoms. The summed E-state index contributed by atoms with van der Waals surface area (Å²) in [4.78, 5) is 20.2. The topological polar surface area (TPSA) is 45.2 Å². The molecule has 4 nitrogen and oxygen atoms in total. The van der Waals surface area contributed by atoms with Crippen LogP contribution in [0.3, 0.4) is 0 Å². The fourth-order valence-electron chi connectivity index (χ4n) is 2.70. The van der Waals surface area contributed by atoms with Crippen LogP contribution in [0.25, 0.3) is 0 Å². The van der Waals surface area contributed by atoms with Crippen LogP contribution < -0.4 is 5.32 Å². The Hall–Kier alpha value is -1.79. The third-order valence-electron chi connectivity index (χ3n) is 4.03. The molecule has 0 saturated heterocycles. The monoisotopic (exact) mass is 333 g/mol. The lowest BCUT2D eigenvalue weighted by atomic mass is 10.1. The molecule has 23 heavy (non-hydrogen) atoms. The summed E-state index contributed by atoms with van der Waals surface area (Å²) >= 11 is 1.56. The second-order valence-corrected chi connectivity index (χ2v) is 6.77. The van der Waals surface area contributed by atoms with Crippen molar-refractivity contribution >= 4 is 22.4 Å². The van der Waals surface area contributed by atoms with E-state index in [-0.39, 0.29) is 11.7 Å². The minimum absolute atomic E-state index is 0.0762. The van der Waals surface area contributed by atoms with Gasteiger partial charge in [-0.25, -0.2) is 9.37 Å². The maximum absolute atomic E-state index is 13.1. The van der Waals surface area contributed by atoms with Gasteiger partial charge in [0.05, 0.1) is 5.69 Å². The van der Waals surface area contributed by atoms with Crippen molar-refractivity contribution in [1.82, 2.24) is 9.88 Å². The first-order valence-corrected chi connectivity index (χ1v) is 8.71. The van der Waals surface area contributed by atoms with Gasteiger partial charge in [-0.3, -0.25) is 9.69 Å². The van der Waals surface area contributed by atoms with Crippen molar-refractivity contribution in [2.24, 2.45) is 0 Å². The van der Waals surface area contributed by atoms with E-state index < -0.39 is 0 Å². The molecule has 0 saturated carbocycles. The summed E-state index contributed by atoms with van der Waals surface area (Å²) in [5.41, 5.74) is 1.94. The van der Waals surface area contributed by atoms with E-state index in [1.165, 1.54) is 17.0 Å². The van der Waals surface area contributed by atoms with Gasteiger partial charge in [0, 0.05) is 30.8 Å².